The van der Waals surface area contributed by atoms with Crippen LogP contribution in [0.2, 0.25) is 0 Å². The number of aromatic nitrogens is 2. The molecule has 5 heteroatoms. The highest BCUT2D eigenvalue weighted by molar-refractivity contribution is 5.88. The molecule has 0 aliphatic carbocycles. The van der Waals surface area contributed by atoms with Crippen LogP contribution < -0.4 is 0 Å². The SMILES string of the molecule is COC(=O)c1nc(-c2ccccn2)oc1C. The van der Waals surface area contributed by atoms with Gasteiger partial charge in [0, 0.05) is 6.20 Å². The van der Waals surface area contributed by atoms with Crippen LogP contribution in [0.5, 0.6) is 0 Å². The van der Waals surface area contributed by atoms with E-state index in [0.717, 1.165) is 0 Å². The van der Waals surface area contributed by atoms with E-state index < -0.39 is 5.97 Å². The Hall–Kier alpha value is -2.17. The molecule has 0 saturated carbocycles. The van der Waals surface area contributed by atoms with E-state index in [1.54, 1.807) is 25.3 Å². The van der Waals surface area contributed by atoms with E-state index in [-0.39, 0.29) is 5.69 Å². The number of rotatable bonds is 2. The van der Waals surface area contributed by atoms with Crippen molar-refractivity contribution < 1.29 is 13.9 Å². The minimum absolute atomic E-state index is 0.183. The second-order valence-corrected chi connectivity index (χ2v) is 3.13. The molecule has 0 radical (unpaired) electrons. The number of carbonyl (C=O) groups is 1. The summed E-state index contributed by atoms with van der Waals surface area (Å²) in [7, 11) is 1.30. The first kappa shape index (κ1) is 10.4. The standard InChI is InChI=1S/C11H10N2O3/c1-7-9(11(14)15-2)13-10(16-7)8-5-3-4-6-12-8/h3-6H,1-2H3. The number of aryl methyl sites for hydroxylation is 1. The summed E-state index contributed by atoms with van der Waals surface area (Å²) in [5.41, 5.74) is 0.768. The van der Waals surface area contributed by atoms with E-state index in [2.05, 4.69) is 14.7 Å². The van der Waals surface area contributed by atoms with Gasteiger partial charge in [0.1, 0.15) is 11.5 Å². The smallest absolute Gasteiger partial charge is 0.360 e. The van der Waals surface area contributed by atoms with Gasteiger partial charge in [0.05, 0.1) is 7.11 Å². The predicted molar refractivity (Wildman–Crippen MR) is 55.8 cm³/mol. The molecule has 5 nitrogen and oxygen atoms in total. The molecule has 0 aliphatic rings. The van der Waals surface area contributed by atoms with Crippen LogP contribution in [-0.2, 0) is 4.74 Å². The van der Waals surface area contributed by atoms with Crippen LogP contribution in [0.25, 0.3) is 11.6 Å². The Balaban J connectivity index is 2.42. The zero-order chi connectivity index (χ0) is 11.5. The van der Waals surface area contributed by atoms with Crippen molar-refractivity contribution in [1.29, 1.82) is 0 Å². The number of nitrogens with zero attached hydrogens (tertiary/aromatic N) is 2. The van der Waals surface area contributed by atoms with Gasteiger partial charge in [-0.1, -0.05) is 6.07 Å². The van der Waals surface area contributed by atoms with Gasteiger partial charge in [-0.05, 0) is 19.1 Å². The average molecular weight is 218 g/mol. The Morgan fingerprint density at radius 1 is 1.44 bits per heavy atom. The lowest BCUT2D eigenvalue weighted by molar-refractivity contribution is 0.0593. The molecule has 0 unspecified atom stereocenters. The van der Waals surface area contributed by atoms with E-state index in [4.69, 9.17) is 4.42 Å². The van der Waals surface area contributed by atoms with Gasteiger partial charge in [-0.25, -0.2) is 9.78 Å². The lowest BCUT2D eigenvalue weighted by atomic mass is 10.3. The molecule has 0 atom stereocenters. The number of hydrogen-bond acceptors (Lipinski definition) is 5. The van der Waals surface area contributed by atoms with Gasteiger partial charge >= 0.3 is 5.97 Å². The Bertz CT molecular complexity index is 505. The Kier molecular flexibility index (Phi) is 2.68. The second-order valence-electron chi connectivity index (χ2n) is 3.13. The van der Waals surface area contributed by atoms with E-state index >= 15 is 0 Å². The number of hydrogen-bond donors (Lipinski definition) is 0. The topological polar surface area (TPSA) is 65.2 Å². The van der Waals surface area contributed by atoms with Gasteiger partial charge in [0.25, 0.3) is 0 Å². The monoisotopic (exact) mass is 218 g/mol. The fraction of sp³-hybridized carbons (Fsp3) is 0.182. The molecule has 0 bridgehead atoms. The van der Waals surface area contributed by atoms with Crippen molar-refractivity contribution in [3.8, 4) is 11.6 Å². The summed E-state index contributed by atoms with van der Waals surface area (Å²) in [6.45, 7) is 1.66. The van der Waals surface area contributed by atoms with E-state index in [9.17, 15) is 4.79 Å². The third-order valence-corrected chi connectivity index (χ3v) is 2.06. The summed E-state index contributed by atoms with van der Waals surface area (Å²) in [5, 5.41) is 0. The normalized spacial score (nSPS) is 10.1. The van der Waals surface area contributed by atoms with Crippen LogP contribution in [0.1, 0.15) is 16.2 Å². The summed E-state index contributed by atoms with van der Waals surface area (Å²) in [4.78, 5) is 19.4. The van der Waals surface area contributed by atoms with Crippen molar-refractivity contribution in [3.63, 3.8) is 0 Å². The van der Waals surface area contributed by atoms with Crippen molar-refractivity contribution in [2.24, 2.45) is 0 Å². The van der Waals surface area contributed by atoms with Gasteiger partial charge in [-0.15, -0.1) is 0 Å². The zero-order valence-corrected chi connectivity index (χ0v) is 8.93. The highest BCUT2D eigenvalue weighted by atomic mass is 16.5. The van der Waals surface area contributed by atoms with Gasteiger partial charge in [-0.3, -0.25) is 4.98 Å². The number of carbonyl (C=O) groups excluding carboxylic acids is 1. The van der Waals surface area contributed by atoms with E-state index in [0.29, 0.717) is 17.3 Å². The van der Waals surface area contributed by atoms with Gasteiger partial charge in [-0.2, -0.15) is 0 Å². The van der Waals surface area contributed by atoms with Gasteiger partial charge in [0.15, 0.2) is 5.69 Å². The fourth-order valence-electron chi connectivity index (χ4n) is 1.28. The molecule has 16 heavy (non-hydrogen) atoms. The largest absolute Gasteiger partial charge is 0.464 e. The molecule has 2 aromatic rings. The van der Waals surface area contributed by atoms with Crippen LogP contribution >= 0.6 is 0 Å². The van der Waals surface area contributed by atoms with Crippen molar-refractivity contribution in [1.82, 2.24) is 9.97 Å². The Morgan fingerprint density at radius 2 is 2.25 bits per heavy atom. The van der Waals surface area contributed by atoms with E-state index in [1.807, 2.05) is 6.07 Å². The molecule has 2 rings (SSSR count). The second kappa shape index (κ2) is 4.14. The van der Waals surface area contributed by atoms with Crippen molar-refractivity contribution in [3.05, 3.63) is 35.9 Å². The van der Waals surface area contributed by atoms with Crippen LogP contribution in [0.4, 0.5) is 0 Å². The maximum absolute atomic E-state index is 11.3. The minimum atomic E-state index is -0.511. The minimum Gasteiger partial charge on any atom is -0.464 e. The molecule has 82 valence electrons. The van der Waals surface area contributed by atoms with Crippen LogP contribution in [0.3, 0.4) is 0 Å². The molecule has 0 saturated heterocycles. The first-order valence-corrected chi connectivity index (χ1v) is 4.69. The van der Waals surface area contributed by atoms with Crippen molar-refractivity contribution >= 4 is 5.97 Å². The summed E-state index contributed by atoms with van der Waals surface area (Å²) >= 11 is 0. The first-order chi connectivity index (χ1) is 7.72. The number of oxazole rings is 1. The van der Waals surface area contributed by atoms with Crippen molar-refractivity contribution in [2.45, 2.75) is 6.92 Å². The lowest BCUT2D eigenvalue weighted by Gasteiger charge is -1.92. The summed E-state index contributed by atoms with van der Waals surface area (Å²) in [6, 6.07) is 5.37. The molecule has 0 aromatic carbocycles. The Morgan fingerprint density at radius 3 is 2.88 bits per heavy atom. The summed E-state index contributed by atoms with van der Waals surface area (Å²) in [6.07, 6.45) is 1.63. The number of ether oxygens (including phenoxy) is 1. The molecule has 0 spiro atoms. The van der Waals surface area contributed by atoms with Crippen molar-refractivity contribution in [2.75, 3.05) is 7.11 Å². The molecular formula is C11H10N2O3. The number of pyridine rings is 1. The highest BCUT2D eigenvalue weighted by Crippen LogP contribution is 2.19. The molecule has 0 fully saturated rings. The maximum atomic E-state index is 11.3. The van der Waals surface area contributed by atoms with Gasteiger partial charge in [0.2, 0.25) is 5.89 Å². The third-order valence-electron chi connectivity index (χ3n) is 2.06. The molecule has 2 heterocycles. The van der Waals surface area contributed by atoms with Gasteiger partial charge < -0.3 is 9.15 Å². The third kappa shape index (κ3) is 1.79. The Labute approximate surface area is 92.1 Å². The van der Waals surface area contributed by atoms with Crippen LogP contribution in [0, 0.1) is 6.92 Å². The lowest BCUT2D eigenvalue weighted by Crippen LogP contribution is -2.03. The first-order valence-electron chi connectivity index (χ1n) is 4.69. The number of methoxy groups -OCH3 is 1. The predicted octanol–water partition coefficient (Wildman–Crippen LogP) is 1.83. The summed E-state index contributed by atoms with van der Waals surface area (Å²) in [5.74, 6) is 0.231. The molecular weight excluding hydrogens is 208 g/mol. The van der Waals surface area contributed by atoms with E-state index in [1.165, 1.54) is 7.11 Å². The summed E-state index contributed by atoms with van der Waals surface area (Å²) < 4.78 is 9.93. The number of esters is 1. The molecule has 0 aliphatic heterocycles. The maximum Gasteiger partial charge on any atom is 0.360 e. The highest BCUT2D eigenvalue weighted by Gasteiger charge is 2.18. The average Bonchev–Trinajstić information content (AvgIpc) is 2.71. The zero-order valence-electron chi connectivity index (χ0n) is 8.93. The van der Waals surface area contributed by atoms with Crippen LogP contribution in [-0.4, -0.2) is 23.0 Å². The molecule has 2 aromatic heterocycles. The quantitative estimate of drug-likeness (QED) is 0.719. The molecule has 0 amide bonds. The fourth-order valence-corrected chi connectivity index (χ4v) is 1.28. The van der Waals surface area contributed by atoms with Crippen LogP contribution in [0.15, 0.2) is 28.8 Å². The molecule has 0 N–H and O–H groups in total.